The van der Waals surface area contributed by atoms with Crippen LogP contribution in [0.1, 0.15) is 57.0 Å². The Morgan fingerprint density at radius 1 is 1.20 bits per heavy atom. The minimum absolute atomic E-state index is 0.0414. The molecule has 0 unspecified atom stereocenters. The number of hydrazine groups is 1. The van der Waals surface area contributed by atoms with Crippen LogP contribution in [-0.2, 0) is 0 Å². The third-order valence-corrected chi connectivity index (χ3v) is 3.06. The fourth-order valence-electron chi connectivity index (χ4n) is 2.75. The molecule has 0 aliphatic heterocycles. The first-order valence-corrected chi connectivity index (χ1v) is 6.94. The van der Waals surface area contributed by atoms with E-state index in [2.05, 4.69) is 45.4 Å². The van der Waals surface area contributed by atoms with Crippen LogP contribution in [0.25, 0.3) is 0 Å². The third-order valence-electron chi connectivity index (χ3n) is 3.06. The van der Waals surface area contributed by atoms with E-state index in [1.165, 1.54) is 0 Å². The highest BCUT2D eigenvalue weighted by atomic mass is 16.1. The summed E-state index contributed by atoms with van der Waals surface area (Å²) < 4.78 is 0. The maximum Gasteiger partial charge on any atom is 0.251 e. The topological polar surface area (TPSA) is 67.1 Å². The Morgan fingerprint density at radius 2 is 1.80 bits per heavy atom. The molecule has 0 aliphatic carbocycles. The molecule has 0 saturated heterocycles. The summed E-state index contributed by atoms with van der Waals surface area (Å²) in [6.45, 7) is 12.5. The van der Waals surface area contributed by atoms with Crippen LogP contribution in [0.4, 0.5) is 5.69 Å². The van der Waals surface area contributed by atoms with Crippen molar-refractivity contribution in [3.63, 3.8) is 0 Å². The zero-order valence-corrected chi connectivity index (χ0v) is 13.4. The van der Waals surface area contributed by atoms with Gasteiger partial charge in [-0.1, -0.05) is 20.8 Å². The fraction of sp³-hybridized carbons (Fsp3) is 0.562. The number of benzene rings is 1. The molecule has 1 rings (SSSR count). The molecule has 20 heavy (non-hydrogen) atoms. The molecule has 0 saturated carbocycles. The van der Waals surface area contributed by atoms with E-state index < -0.39 is 0 Å². The van der Waals surface area contributed by atoms with Crippen LogP contribution >= 0.6 is 0 Å². The largest absolute Gasteiger partial charge is 0.347 e. The molecule has 0 heterocycles. The van der Waals surface area contributed by atoms with Gasteiger partial charge in [-0.2, -0.15) is 0 Å². The number of rotatable bonds is 4. The van der Waals surface area contributed by atoms with Crippen LogP contribution in [0.2, 0.25) is 0 Å². The van der Waals surface area contributed by atoms with Gasteiger partial charge in [-0.15, -0.1) is 0 Å². The number of carbonyl (C=O) groups excluding carboxylic acids is 1. The standard InChI is InChI=1S/C16H27N3O/c1-11-9-12(19-17)7-8-13(11)14(20)18-16(5,6)10-15(2,3)4/h7-9,19H,10,17H2,1-6H3,(H,18,20). The average Bonchev–Trinajstić information content (AvgIpc) is 2.24. The Morgan fingerprint density at radius 3 is 2.25 bits per heavy atom. The van der Waals surface area contributed by atoms with E-state index in [9.17, 15) is 4.79 Å². The normalized spacial score (nSPS) is 12.2. The Bertz CT molecular complexity index is 487. The van der Waals surface area contributed by atoms with Gasteiger partial charge in [0.05, 0.1) is 0 Å². The third kappa shape index (κ3) is 4.85. The molecule has 0 fully saturated rings. The Labute approximate surface area is 122 Å². The summed E-state index contributed by atoms with van der Waals surface area (Å²) in [5.41, 5.74) is 4.90. The molecule has 0 spiro atoms. The number of nitrogens with one attached hydrogen (secondary N) is 2. The van der Waals surface area contributed by atoms with Crippen LogP contribution in [0.3, 0.4) is 0 Å². The molecule has 4 heteroatoms. The second kappa shape index (κ2) is 5.83. The number of amides is 1. The van der Waals surface area contributed by atoms with Crippen molar-refractivity contribution in [2.75, 3.05) is 5.43 Å². The molecule has 1 amide bonds. The number of nitrogen functional groups attached to an aromatic ring is 1. The second-order valence-electron chi connectivity index (χ2n) is 7.25. The Hall–Kier alpha value is -1.55. The molecular formula is C16H27N3O. The zero-order valence-electron chi connectivity index (χ0n) is 13.4. The number of carbonyl (C=O) groups is 1. The smallest absolute Gasteiger partial charge is 0.251 e. The predicted molar refractivity (Wildman–Crippen MR) is 84.6 cm³/mol. The second-order valence-corrected chi connectivity index (χ2v) is 7.25. The van der Waals surface area contributed by atoms with Gasteiger partial charge in [0.1, 0.15) is 0 Å². The number of aryl methyl sites for hydroxylation is 1. The summed E-state index contributed by atoms with van der Waals surface area (Å²) in [7, 11) is 0. The highest BCUT2D eigenvalue weighted by molar-refractivity contribution is 5.96. The van der Waals surface area contributed by atoms with Crippen LogP contribution < -0.4 is 16.6 Å². The van der Waals surface area contributed by atoms with E-state index in [0.29, 0.717) is 5.56 Å². The summed E-state index contributed by atoms with van der Waals surface area (Å²) in [5, 5.41) is 3.12. The molecule has 0 atom stereocenters. The van der Waals surface area contributed by atoms with Crippen molar-refractivity contribution < 1.29 is 4.79 Å². The van der Waals surface area contributed by atoms with Gasteiger partial charge in [-0.3, -0.25) is 10.6 Å². The van der Waals surface area contributed by atoms with Gasteiger partial charge in [0.2, 0.25) is 0 Å². The molecule has 1 aromatic carbocycles. The van der Waals surface area contributed by atoms with Crippen molar-refractivity contribution in [1.82, 2.24) is 5.32 Å². The highest BCUT2D eigenvalue weighted by Gasteiger charge is 2.27. The Balaban J connectivity index is 2.86. The summed E-state index contributed by atoms with van der Waals surface area (Å²) >= 11 is 0. The van der Waals surface area contributed by atoms with Gasteiger partial charge in [0.25, 0.3) is 5.91 Å². The monoisotopic (exact) mass is 277 g/mol. The zero-order chi connectivity index (χ0) is 15.6. The number of hydrogen-bond donors (Lipinski definition) is 3. The molecular weight excluding hydrogens is 250 g/mol. The average molecular weight is 277 g/mol. The Kier molecular flexibility index (Phi) is 4.81. The molecule has 1 aromatic rings. The van der Waals surface area contributed by atoms with Gasteiger partial charge < -0.3 is 10.7 Å². The van der Waals surface area contributed by atoms with E-state index in [-0.39, 0.29) is 16.9 Å². The van der Waals surface area contributed by atoms with Crippen LogP contribution in [0, 0.1) is 12.3 Å². The lowest BCUT2D eigenvalue weighted by molar-refractivity contribution is 0.0891. The van der Waals surface area contributed by atoms with E-state index in [1.54, 1.807) is 12.1 Å². The number of anilines is 1. The summed E-state index contributed by atoms with van der Waals surface area (Å²) in [6.07, 6.45) is 0.910. The highest BCUT2D eigenvalue weighted by Crippen LogP contribution is 2.27. The lowest BCUT2D eigenvalue weighted by Crippen LogP contribution is -2.46. The van der Waals surface area contributed by atoms with Crippen LogP contribution in [0.15, 0.2) is 18.2 Å². The van der Waals surface area contributed by atoms with Crippen LogP contribution in [-0.4, -0.2) is 11.4 Å². The van der Waals surface area contributed by atoms with Gasteiger partial charge in [-0.05, 0) is 56.4 Å². The van der Waals surface area contributed by atoms with Crippen molar-refractivity contribution in [2.45, 2.75) is 53.5 Å². The first-order valence-electron chi connectivity index (χ1n) is 6.94. The molecule has 4 N–H and O–H groups in total. The minimum atomic E-state index is -0.243. The van der Waals surface area contributed by atoms with Gasteiger partial charge >= 0.3 is 0 Å². The van der Waals surface area contributed by atoms with E-state index in [0.717, 1.165) is 17.7 Å². The first-order chi connectivity index (χ1) is 9.04. The van der Waals surface area contributed by atoms with Crippen LogP contribution in [0.5, 0.6) is 0 Å². The number of nitrogens with two attached hydrogens (primary N) is 1. The van der Waals surface area contributed by atoms with E-state index in [4.69, 9.17) is 5.84 Å². The summed E-state index contributed by atoms with van der Waals surface area (Å²) in [6, 6.07) is 5.47. The van der Waals surface area contributed by atoms with Crippen molar-refractivity contribution in [3.8, 4) is 0 Å². The molecule has 4 nitrogen and oxygen atoms in total. The van der Waals surface area contributed by atoms with E-state index in [1.807, 2.05) is 13.0 Å². The van der Waals surface area contributed by atoms with Crippen molar-refractivity contribution in [3.05, 3.63) is 29.3 Å². The van der Waals surface area contributed by atoms with Gasteiger partial charge in [0, 0.05) is 16.8 Å². The lowest BCUT2D eigenvalue weighted by atomic mass is 9.81. The maximum atomic E-state index is 12.4. The summed E-state index contributed by atoms with van der Waals surface area (Å²) in [4.78, 5) is 12.4. The quantitative estimate of drug-likeness (QED) is 0.584. The lowest BCUT2D eigenvalue weighted by Gasteiger charge is -2.33. The fourth-order valence-corrected chi connectivity index (χ4v) is 2.75. The molecule has 0 aromatic heterocycles. The molecule has 0 aliphatic rings. The molecule has 0 radical (unpaired) electrons. The predicted octanol–water partition coefficient (Wildman–Crippen LogP) is 3.23. The summed E-state index contributed by atoms with van der Waals surface area (Å²) in [5.74, 6) is 5.32. The SMILES string of the molecule is Cc1cc(NN)ccc1C(=O)NC(C)(C)CC(C)(C)C. The first kappa shape index (κ1) is 16.5. The number of hydrogen-bond acceptors (Lipinski definition) is 3. The molecule has 112 valence electrons. The van der Waals surface area contributed by atoms with Crippen molar-refractivity contribution >= 4 is 11.6 Å². The minimum Gasteiger partial charge on any atom is -0.347 e. The van der Waals surface area contributed by atoms with Gasteiger partial charge in [0.15, 0.2) is 0 Å². The van der Waals surface area contributed by atoms with Crippen molar-refractivity contribution in [2.24, 2.45) is 11.3 Å². The molecule has 0 bridgehead atoms. The van der Waals surface area contributed by atoms with Crippen molar-refractivity contribution in [1.29, 1.82) is 0 Å². The van der Waals surface area contributed by atoms with E-state index >= 15 is 0 Å². The maximum absolute atomic E-state index is 12.4. The van der Waals surface area contributed by atoms with Gasteiger partial charge in [-0.25, -0.2) is 0 Å².